The first-order chi connectivity index (χ1) is 11.7. The molecule has 1 amide bonds. The van der Waals surface area contributed by atoms with Crippen LogP contribution < -0.4 is 10.6 Å². The number of aryl methyl sites for hydroxylation is 1. The summed E-state index contributed by atoms with van der Waals surface area (Å²) in [6, 6.07) is 11.9. The Balaban J connectivity index is 1.78. The number of thiophene rings is 1. The monoisotopic (exact) mass is 342 g/mol. The maximum absolute atomic E-state index is 12.3. The second kappa shape index (κ2) is 7.59. The summed E-state index contributed by atoms with van der Waals surface area (Å²) < 4.78 is 1.91. The van der Waals surface area contributed by atoms with Crippen LogP contribution in [0.2, 0.25) is 0 Å². The van der Waals surface area contributed by atoms with Crippen LogP contribution in [0.4, 0.5) is 0 Å². The van der Waals surface area contributed by atoms with Crippen molar-refractivity contribution in [2.75, 3.05) is 19.6 Å². The molecule has 3 rings (SSSR count). The van der Waals surface area contributed by atoms with E-state index in [2.05, 4.69) is 22.7 Å². The summed E-state index contributed by atoms with van der Waals surface area (Å²) in [5.74, 6) is -0.0199. The minimum absolute atomic E-state index is 0.0199. The van der Waals surface area contributed by atoms with Gasteiger partial charge in [-0.25, -0.2) is 4.68 Å². The Morgan fingerprint density at radius 3 is 2.75 bits per heavy atom. The number of benzene rings is 1. The van der Waals surface area contributed by atoms with Crippen LogP contribution in [0, 0.1) is 6.92 Å². The van der Waals surface area contributed by atoms with E-state index < -0.39 is 0 Å². The van der Waals surface area contributed by atoms with Gasteiger partial charge in [0.2, 0.25) is 0 Å². The van der Waals surface area contributed by atoms with Gasteiger partial charge in [0.25, 0.3) is 5.91 Å². The average Bonchev–Trinajstić information content (AvgIpc) is 3.16. The molecular formula is C18H22N4OS. The molecule has 0 spiro atoms. The Bertz CT molecular complexity index is 822. The second-order valence-corrected chi connectivity index (χ2v) is 6.70. The van der Waals surface area contributed by atoms with Crippen LogP contribution in [0.25, 0.3) is 15.9 Å². The van der Waals surface area contributed by atoms with Crippen molar-refractivity contribution in [3.05, 3.63) is 47.0 Å². The Morgan fingerprint density at radius 2 is 2.00 bits per heavy atom. The van der Waals surface area contributed by atoms with Crippen molar-refractivity contribution in [3.8, 4) is 5.69 Å². The van der Waals surface area contributed by atoms with Gasteiger partial charge in [-0.05, 0) is 38.1 Å². The number of nitrogens with one attached hydrogen (secondary N) is 2. The largest absolute Gasteiger partial charge is 0.350 e. The first-order valence-corrected chi connectivity index (χ1v) is 9.06. The fourth-order valence-corrected chi connectivity index (χ4v) is 3.66. The third-order valence-electron chi connectivity index (χ3n) is 3.78. The Hall–Kier alpha value is -2.18. The molecular weight excluding hydrogens is 320 g/mol. The standard InChI is InChI=1S/C18H22N4OS/c1-3-9-19-10-11-20-17(23)16-12-15-13(2)21-22(18(15)24-16)14-7-5-4-6-8-14/h4-8,12,19H,3,9-11H2,1-2H3,(H,20,23). The lowest BCUT2D eigenvalue weighted by molar-refractivity contribution is 0.0958. The molecule has 0 aliphatic carbocycles. The number of carbonyl (C=O) groups is 1. The second-order valence-electron chi connectivity index (χ2n) is 5.67. The molecule has 2 N–H and O–H groups in total. The van der Waals surface area contributed by atoms with Crippen LogP contribution in [0.15, 0.2) is 36.4 Å². The summed E-state index contributed by atoms with van der Waals surface area (Å²) in [5, 5.41) is 11.9. The number of aromatic nitrogens is 2. The number of nitrogens with zero attached hydrogens (tertiary/aromatic N) is 2. The first kappa shape index (κ1) is 16.7. The number of hydrogen-bond acceptors (Lipinski definition) is 4. The lowest BCUT2D eigenvalue weighted by Gasteiger charge is -2.04. The van der Waals surface area contributed by atoms with Crippen molar-refractivity contribution in [1.29, 1.82) is 0 Å². The van der Waals surface area contributed by atoms with Crippen molar-refractivity contribution in [1.82, 2.24) is 20.4 Å². The topological polar surface area (TPSA) is 58.9 Å². The maximum Gasteiger partial charge on any atom is 0.261 e. The molecule has 3 aromatic rings. The van der Waals surface area contributed by atoms with E-state index in [1.165, 1.54) is 11.3 Å². The molecule has 126 valence electrons. The van der Waals surface area contributed by atoms with Gasteiger partial charge in [0.15, 0.2) is 0 Å². The summed E-state index contributed by atoms with van der Waals surface area (Å²) in [6.45, 7) is 6.51. The Kier molecular flexibility index (Phi) is 5.27. The third-order valence-corrected chi connectivity index (χ3v) is 4.89. The molecule has 0 fully saturated rings. The van der Waals surface area contributed by atoms with E-state index in [0.717, 1.165) is 46.0 Å². The zero-order chi connectivity index (χ0) is 16.9. The average molecular weight is 342 g/mol. The number of rotatable bonds is 7. The SMILES string of the molecule is CCCNCCNC(=O)c1cc2c(C)nn(-c3ccccc3)c2s1. The summed E-state index contributed by atoms with van der Waals surface area (Å²) in [7, 11) is 0. The van der Waals surface area contributed by atoms with Crippen LogP contribution in [-0.4, -0.2) is 35.3 Å². The molecule has 0 aliphatic rings. The molecule has 0 saturated carbocycles. The smallest absolute Gasteiger partial charge is 0.261 e. The fraction of sp³-hybridized carbons (Fsp3) is 0.333. The quantitative estimate of drug-likeness (QED) is 0.649. The lowest BCUT2D eigenvalue weighted by Crippen LogP contribution is -2.31. The zero-order valence-corrected chi connectivity index (χ0v) is 14.8. The highest BCUT2D eigenvalue weighted by atomic mass is 32.1. The van der Waals surface area contributed by atoms with Crippen LogP contribution in [-0.2, 0) is 0 Å². The molecule has 1 aromatic carbocycles. The van der Waals surface area contributed by atoms with Gasteiger partial charge < -0.3 is 10.6 Å². The molecule has 0 unspecified atom stereocenters. The van der Waals surface area contributed by atoms with Crippen molar-refractivity contribution in [2.45, 2.75) is 20.3 Å². The van der Waals surface area contributed by atoms with E-state index in [1.54, 1.807) is 0 Å². The van der Waals surface area contributed by atoms with Gasteiger partial charge in [-0.15, -0.1) is 11.3 Å². The van der Waals surface area contributed by atoms with Gasteiger partial charge >= 0.3 is 0 Å². The van der Waals surface area contributed by atoms with E-state index in [4.69, 9.17) is 0 Å². The molecule has 0 bridgehead atoms. The first-order valence-electron chi connectivity index (χ1n) is 8.24. The van der Waals surface area contributed by atoms with E-state index in [0.29, 0.717) is 6.54 Å². The number of hydrogen-bond donors (Lipinski definition) is 2. The van der Waals surface area contributed by atoms with Crippen LogP contribution in [0.5, 0.6) is 0 Å². The lowest BCUT2D eigenvalue weighted by atomic mass is 10.3. The molecule has 0 saturated heterocycles. The number of carbonyl (C=O) groups excluding carboxylic acids is 1. The van der Waals surface area contributed by atoms with E-state index in [-0.39, 0.29) is 5.91 Å². The third kappa shape index (κ3) is 3.49. The molecule has 2 aromatic heterocycles. The highest BCUT2D eigenvalue weighted by molar-refractivity contribution is 7.20. The van der Waals surface area contributed by atoms with E-state index in [9.17, 15) is 4.79 Å². The van der Waals surface area contributed by atoms with Gasteiger partial charge in [-0.1, -0.05) is 25.1 Å². The normalized spacial score (nSPS) is 11.1. The van der Waals surface area contributed by atoms with E-state index in [1.807, 2.05) is 48.0 Å². The molecule has 2 heterocycles. The van der Waals surface area contributed by atoms with Crippen LogP contribution in [0.3, 0.4) is 0 Å². The highest BCUT2D eigenvalue weighted by Gasteiger charge is 2.16. The van der Waals surface area contributed by atoms with Gasteiger partial charge in [-0.3, -0.25) is 4.79 Å². The van der Waals surface area contributed by atoms with Crippen molar-refractivity contribution in [3.63, 3.8) is 0 Å². The fourth-order valence-electron chi connectivity index (χ4n) is 2.56. The summed E-state index contributed by atoms with van der Waals surface area (Å²) in [5.41, 5.74) is 1.95. The molecule has 24 heavy (non-hydrogen) atoms. The van der Waals surface area contributed by atoms with Crippen molar-refractivity contribution >= 4 is 27.5 Å². The van der Waals surface area contributed by atoms with Gasteiger partial charge in [0.1, 0.15) is 4.83 Å². The Labute approximate surface area is 145 Å². The van der Waals surface area contributed by atoms with Gasteiger partial charge in [0.05, 0.1) is 16.3 Å². The number of para-hydroxylation sites is 1. The predicted octanol–water partition coefficient (Wildman–Crippen LogP) is 3.12. The summed E-state index contributed by atoms with van der Waals surface area (Å²) >= 11 is 1.48. The molecule has 0 aliphatic heterocycles. The summed E-state index contributed by atoms with van der Waals surface area (Å²) in [4.78, 5) is 14.1. The minimum atomic E-state index is -0.0199. The molecule has 5 nitrogen and oxygen atoms in total. The molecule has 6 heteroatoms. The predicted molar refractivity (Wildman–Crippen MR) is 99.2 cm³/mol. The molecule has 0 atom stereocenters. The molecule has 0 radical (unpaired) electrons. The number of amides is 1. The number of fused-ring (bicyclic) bond motifs is 1. The Morgan fingerprint density at radius 1 is 1.21 bits per heavy atom. The van der Waals surface area contributed by atoms with Crippen molar-refractivity contribution < 1.29 is 4.79 Å². The van der Waals surface area contributed by atoms with Gasteiger partial charge in [0, 0.05) is 18.5 Å². The van der Waals surface area contributed by atoms with Gasteiger partial charge in [-0.2, -0.15) is 5.10 Å². The van der Waals surface area contributed by atoms with Crippen LogP contribution >= 0.6 is 11.3 Å². The zero-order valence-electron chi connectivity index (χ0n) is 14.0. The van der Waals surface area contributed by atoms with Crippen molar-refractivity contribution in [2.24, 2.45) is 0 Å². The maximum atomic E-state index is 12.3. The minimum Gasteiger partial charge on any atom is -0.350 e. The highest BCUT2D eigenvalue weighted by Crippen LogP contribution is 2.30. The van der Waals surface area contributed by atoms with E-state index >= 15 is 0 Å². The summed E-state index contributed by atoms with van der Waals surface area (Å²) in [6.07, 6.45) is 1.10. The van der Waals surface area contributed by atoms with Crippen LogP contribution in [0.1, 0.15) is 28.7 Å².